The van der Waals surface area contributed by atoms with E-state index >= 15 is 0 Å². The van der Waals surface area contributed by atoms with Crippen molar-refractivity contribution in [3.8, 4) is 5.75 Å². The van der Waals surface area contributed by atoms with Crippen molar-refractivity contribution in [1.29, 1.82) is 0 Å². The summed E-state index contributed by atoms with van der Waals surface area (Å²) in [5.74, 6) is 1.39. The molecule has 2 rings (SSSR count). The SMILES string of the molecule is CC(Oc1ccc(C(C(C)(C)C)C(C)(C)C)cc1)OC1CCCCC1. The van der Waals surface area contributed by atoms with E-state index in [0.29, 0.717) is 12.0 Å². The van der Waals surface area contributed by atoms with Gasteiger partial charge >= 0.3 is 0 Å². The second-order valence-corrected chi connectivity index (χ2v) is 9.82. The highest BCUT2D eigenvalue weighted by atomic mass is 16.7. The van der Waals surface area contributed by atoms with Crippen LogP contribution in [0.5, 0.6) is 5.75 Å². The van der Waals surface area contributed by atoms with Gasteiger partial charge in [0.05, 0.1) is 6.10 Å². The van der Waals surface area contributed by atoms with Gasteiger partial charge in [0.25, 0.3) is 0 Å². The first-order valence-corrected chi connectivity index (χ1v) is 9.99. The maximum atomic E-state index is 6.06. The second kappa shape index (κ2) is 8.12. The molecule has 1 fully saturated rings. The summed E-state index contributed by atoms with van der Waals surface area (Å²) in [6, 6.07) is 8.65. The molecule has 0 aromatic heterocycles. The minimum Gasteiger partial charge on any atom is -0.465 e. The Hall–Kier alpha value is -1.02. The van der Waals surface area contributed by atoms with Gasteiger partial charge in [0, 0.05) is 0 Å². The summed E-state index contributed by atoms with van der Waals surface area (Å²) in [7, 11) is 0. The van der Waals surface area contributed by atoms with Crippen molar-refractivity contribution >= 4 is 0 Å². The summed E-state index contributed by atoms with van der Waals surface area (Å²) < 4.78 is 12.1. The predicted molar refractivity (Wildman–Crippen MR) is 106 cm³/mol. The molecule has 1 unspecified atom stereocenters. The molecule has 1 aliphatic rings. The van der Waals surface area contributed by atoms with Crippen LogP contribution >= 0.6 is 0 Å². The second-order valence-electron chi connectivity index (χ2n) is 9.82. The van der Waals surface area contributed by atoms with E-state index in [0.717, 1.165) is 5.75 Å². The molecule has 25 heavy (non-hydrogen) atoms. The Bertz CT molecular complexity index is 499. The molecular formula is C23H38O2. The van der Waals surface area contributed by atoms with E-state index in [-0.39, 0.29) is 17.1 Å². The van der Waals surface area contributed by atoms with Gasteiger partial charge in [0.15, 0.2) is 6.29 Å². The topological polar surface area (TPSA) is 18.5 Å². The van der Waals surface area contributed by atoms with Gasteiger partial charge in [-0.15, -0.1) is 0 Å². The van der Waals surface area contributed by atoms with E-state index in [2.05, 4.69) is 65.8 Å². The Morgan fingerprint density at radius 2 is 1.36 bits per heavy atom. The van der Waals surface area contributed by atoms with Crippen LogP contribution in [0.15, 0.2) is 24.3 Å². The third kappa shape index (κ3) is 6.02. The summed E-state index contributed by atoms with van der Waals surface area (Å²) in [5.41, 5.74) is 1.82. The van der Waals surface area contributed by atoms with Gasteiger partial charge in [0.2, 0.25) is 0 Å². The van der Waals surface area contributed by atoms with Crippen LogP contribution in [-0.4, -0.2) is 12.4 Å². The van der Waals surface area contributed by atoms with Crippen LogP contribution in [-0.2, 0) is 4.74 Å². The van der Waals surface area contributed by atoms with Gasteiger partial charge in [-0.2, -0.15) is 0 Å². The Kier molecular flexibility index (Phi) is 6.59. The summed E-state index contributed by atoms with van der Waals surface area (Å²) in [5, 5.41) is 0. The average Bonchev–Trinajstić information content (AvgIpc) is 2.47. The highest BCUT2D eigenvalue weighted by Crippen LogP contribution is 2.47. The molecular weight excluding hydrogens is 308 g/mol. The first-order chi connectivity index (χ1) is 11.6. The van der Waals surface area contributed by atoms with Gasteiger partial charge in [-0.1, -0.05) is 72.9 Å². The molecule has 0 heterocycles. The van der Waals surface area contributed by atoms with Crippen LogP contribution in [0.1, 0.15) is 92.1 Å². The van der Waals surface area contributed by atoms with Gasteiger partial charge in [-0.05, 0) is 54.2 Å². The molecule has 0 aliphatic heterocycles. The van der Waals surface area contributed by atoms with E-state index in [1.807, 2.05) is 6.92 Å². The minimum atomic E-state index is -0.185. The number of rotatable bonds is 5. The normalized spacial score (nSPS) is 18.4. The monoisotopic (exact) mass is 346 g/mol. The fourth-order valence-corrected chi connectivity index (χ4v) is 4.73. The zero-order valence-corrected chi connectivity index (χ0v) is 17.4. The Morgan fingerprint density at radius 1 is 0.840 bits per heavy atom. The molecule has 1 aromatic rings. The summed E-state index contributed by atoms with van der Waals surface area (Å²) >= 11 is 0. The summed E-state index contributed by atoms with van der Waals surface area (Å²) in [6.07, 6.45) is 6.44. The lowest BCUT2D eigenvalue weighted by Gasteiger charge is -2.41. The number of benzene rings is 1. The molecule has 0 bridgehead atoms. The quantitative estimate of drug-likeness (QED) is 0.538. The molecule has 1 atom stereocenters. The van der Waals surface area contributed by atoms with Crippen molar-refractivity contribution in [1.82, 2.24) is 0 Å². The maximum Gasteiger partial charge on any atom is 0.197 e. The smallest absolute Gasteiger partial charge is 0.197 e. The van der Waals surface area contributed by atoms with Gasteiger partial charge < -0.3 is 9.47 Å². The van der Waals surface area contributed by atoms with Crippen LogP contribution in [0, 0.1) is 10.8 Å². The molecule has 0 saturated heterocycles. The molecule has 0 N–H and O–H groups in total. The molecule has 1 aliphatic carbocycles. The predicted octanol–water partition coefficient (Wildman–Crippen LogP) is 6.94. The summed E-state index contributed by atoms with van der Waals surface area (Å²) in [4.78, 5) is 0. The van der Waals surface area contributed by atoms with E-state index < -0.39 is 0 Å². The Labute approximate surface area is 155 Å². The van der Waals surface area contributed by atoms with Crippen LogP contribution in [0.2, 0.25) is 0 Å². The standard InChI is InChI=1S/C23H38O2/c1-17(24-19-11-9-8-10-12-19)25-20-15-13-18(14-16-20)21(22(2,3)4)23(5,6)7/h13-17,19,21H,8-12H2,1-7H3. The van der Waals surface area contributed by atoms with Crippen molar-refractivity contribution in [3.63, 3.8) is 0 Å². The molecule has 0 radical (unpaired) electrons. The number of ether oxygens (including phenoxy) is 2. The third-order valence-electron chi connectivity index (χ3n) is 5.18. The third-order valence-corrected chi connectivity index (χ3v) is 5.18. The Balaban J connectivity index is 2.00. The van der Waals surface area contributed by atoms with Crippen LogP contribution in [0.4, 0.5) is 0 Å². The van der Waals surface area contributed by atoms with E-state index in [9.17, 15) is 0 Å². The number of hydrogen-bond acceptors (Lipinski definition) is 2. The van der Waals surface area contributed by atoms with Crippen molar-refractivity contribution < 1.29 is 9.47 Å². The van der Waals surface area contributed by atoms with Crippen molar-refractivity contribution in [2.75, 3.05) is 0 Å². The van der Waals surface area contributed by atoms with Crippen LogP contribution in [0.25, 0.3) is 0 Å². The molecule has 2 nitrogen and oxygen atoms in total. The molecule has 2 heteroatoms. The lowest BCUT2D eigenvalue weighted by molar-refractivity contribution is -0.116. The van der Waals surface area contributed by atoms with E-state index in [1.165, 1.54) is 37.7 Å². The molecule has 0 spiro atoms. The van der Waals surface area contributed by atoms with Gasteiger partial charge in [-0.3, -0.25) is 0 Å². The van der Waals surface area contributed by atoms with Crippen molar-refractivity contribution in [2.24, 2.45) is 10.8 Å². The van der Waals surface area contributed by atoms with E-state index in [1.54, 1.807) is 0 Å². The largest absolute Gasteiger partial charge is 0.465 e. The lowest BCUT2D eigenvalue weighted by atomic mass is 9.64. The lowest BCUT2D eigenvalue weighted by Crippen LogP contribution is -2.30. The highest BCUT2D eigenvalue weighted by Gasteiger charge is 2.35. The van der Waals surface area contributed by atoms with Crippen molar-refractivity contribution in [3.05, 3.63) is 29.8 Å². The van der Waals surface area contributed by atoms with E-state index in [4.69, 9.17) is 9.47 Å². The molecule has 1 aromatic carbocycles. The average molecular weight is 347 g/mol. The van der Waals surface area contributed by atoms with Crippen LogP contribution in [0.3, 0.4) is 0 Å². The zero-order valence-electron chi connectivity index (χ0n) is 17.4. The van der Waals surface area contributed by atoms with Crippen LogP contribution < -0.4 is 4.74 Å². The highest BCUT2D eigenvalue weighted by molar-refractivity contribution is 5.31. The van der Waals surface area contributed by atoms with Gasteiger partial charge in [-0.25, -0.2) is 0 Å². The Morgan fingerprint density at radius 3 is 1.84 bits per heavy atom. The number of hydrogen-bond donors (Lipinski definition) is 0. The first-order valence-electron chi connectivity index (χ1n) is 9.99. The summed E-state index contributed by atoms with van der Waals surface area (Å²) in [6.45, 7) is 16.0. The fourth-order valence-electron chi connectivity index (χ4n) is 4.73. The fraction of sp³-hybridized carbons (Fsp3) is 0.739. The first kappa shape index (κ1) is 20.3. The molecule has 0 amide bonds. The van der Waals surface area contributed by atoms with Gasteiger partial charge in [0.1, 0.15) is 5.75 Å². The molecule has 1 saturated carbocycles. The zero-order chi connectivity index (χ0) is 18.7. The maximum absolute atomic E-state index is 6.06. The minimum absolute atomic E-state index is 0.185. The molecule has 142 valence electrons. The van der Waals surface area contributed by atoms with Crippen molar-refractivity contribution in [2.45, 2.75) is 98.9 Å².